The van der Waals surface area contributed by atoms with Gasteiger partial charge in [0.2, 0.25) is 0 Å². The first-order valence-corrected chi connectivity index (χ1v) is 12.1. The van der Waals surface area contributed by atoms with Crippen molar-refractivity contribution in [2.45, 2.75) is 26.2 Å². The average Bonchev–Trinajstić information content (AvgIpc) is 3.31. The molecule has 0 spiro atoms. The second kappa shape index (κ2) is 11.1. The highest BCUT2D eigenvalue weighted by Gasteiger charge is 2.22. The lowest BCUT2D eigenvalue weighted by Crippen LogP contribution is -2.21. The molecule has 0 saturated carbocycles. The molecule has 0 aliphatic carbocycles. The first-order chi connectivity index (χ1) is 18.4. The average molecular weight is 555 g/mol. The molecule has 39 heavy (non-hydrogen) atoms. The topological polar surface area (TPSA) is 110 Å². The van der Waals surface area contributed by atoms with Gasteiger partial charge in [0.15, 0.2) is 11.6 Å². The molecule has 0 aliphatic rings. The number of hydrogen-bond acceptors (Lipinski definition) is 5. The molecule has 0 fully saturated rings. The van der Waals surface area contributed by atoms with E-state index in [0.717, 1.165) is 6.07 Å². The second-order valence-electron chi connectivity index (χ2n) is 9.46. The van der Waals surface area contributed by atoms with Crippen molar-refractivity contribution in [3.05, 3.63) is 88.8 Å². The zero-order valence-corrected chi connectivity index (χ0v) is 22.2. The van der Waals surface area contributed by atoms with E-state index in [-0.39, 0.29) is 33.3 Å². The van der Waals surface area contributed by atoms with Crippen LogP contribution in [-0.4, -0.2) is 33.8 Å². The van der Waals surface area contributed by atoms with Crippen LogP contribution in [0.5, 0.6) is 11.5 Å². The number of nitrogens with one attached hydrogen (secondary N) is 3. The van der Waals surface area contributed by atoms with Gasteiger partial charge in [0.1, 0.15) is 23.1 Å². The molecular weight excluding hydrogens is 530 g/mol. The van der Waals surface area contributed by atoms with Crippen molar-refractivity contribution in [1.82, 2.24) is 20.1 Å². The van der Waals surface area contributed by atoms with Crippen molar-refractivity contribution in [3.63, 3.8) is 0 Å². The van der Waals surface area contributed by atoms with Crippen LogP contribution in [0.4, 0.5) is 25.1 Å². The van der Waals surface area contributed by atoms with Crippen LogP contribution in [0.25, 0.3) is 5.69 Å². The number of carbonyl (C=O) groups is 2. The molecule has 2 heterocycles. The molecule has 3 N–H and O–H groups in total. The van der Waals surface area contributed by atoms with Crippen molar-refractivity contribution in [3.8, 4) is 17.2 Å². The minimum absolute atomic E-state index is 0.0925. The fraction of sp³-hybridized carbons (Fsp3) is 0.185. The van der Waals surface area contributed by atoms with Crippen molar-refractivity contribution in [2.75, 3.05) is 17.7 Å². The zero-order valence-electron chi connectivity index (χ0n) is 21.5. The van der Waals surface area contributed by atoms with E-state index < -0.39 is 23.6 Å². The molecule has 0 unspecified atom stereocenters. The molecule has 4 aromatic rings. The molecule has 4 rings (SSSR count). The highest BCUT2D eigenvalue weighted by Crippen LogP contribution is 2.29. The maximum atomic E-state index is 14.8. The van der Waals surface area contributed by atoms with Gasteiger partial charge in [-0.25, -0.2) is 18.3 Å². The van der Waals surface area contributed by atoms with Crippen LogP contribution < -0.4 is 20.7 Å². The molecule has 0 bridgehead atoms. The van der Waals surface area contributed by atoms with Crippen molar-refractivity contribution < 1.29 is 23.1 Å². The lowest BCUT2D eigenvalue weighted by Gasteiger charge is -2.14. The number of hydrogen-bond donors (Lipinski definition) is 3. The zero-order chi connectivity index (χ0) is 28.3. The van der Waals surface area contributed by atoms with Crippen LogP contribution in [0, 0.1) is 11.6 Å². The Morgan fingerprint density at radius 3 is 2.41 bits per heavy atom. The van der Waals surface area contributed by atoms with Crippen LogP contribution in [0.15, 0.2) is 60.8 Å². The van der Waals surface area contributed by atoms with E-state index in [1.54, 1.807) is 6.07 Å². The monoisotopic (exact) mass is 554 g/mol. The number of rotatable bonds is 6. The van der Waals surface area contributed by atoms with E-state index >= 15 is 0 Å². The van der Waals surface area contributed by atoms with Crippen LogP contribution in [0.2, 0.25) is 5.02 Å². The summed E-state index contributed by atoms with van der Waals surface area (Å²) in [7, 11) is 1.47. The summed E-state index contributed by atoms with van der Waals surface area (Å²) in [5.74, 6) is -1.34. The Labute approximate surface area is 228 Å². The molecule has 0 atom stereocenters. The number of pyridine rings is 1. The van der Waals surface area contributed by atoms with Gasteiger partial charge in [0, 0.05) is 42.5 Å². The number of carbonyl (C=O) groups excluding carboxylic acids is 2. The smallest absolute Gasteiger partial charge is 0.324 e. The molecule has 0 aliphatic heterocycles. The minimum Gasteiger partial charge on any atom is -0.454 e. The molecule has 3 amide bonds. The fourth-order valence-electron chi connectivity index (χ4n) is 3.44. The van der Waals surface area contributed by atoms with Crippen molar-refractivity contribution >= 4 is 35.0 Å². The van der Waals surface area contributed by atoms with Crippen LogP contribution in [0.1, 0.15) is 37.0 Å². The SMILES string of the molecule is CNC(=O)c1cc(Oc2ccc(NC(=O)Nc3cc(C(C)(C)C)nn3-c3ccc(F)c(Cl)c3)cc2F)ccn1. The first kappa shape index (κ1) is 27.5. The number of ether oxygens (including phenoxy) is 1. The van der Waals surface area contributed by atoms with Gasteiger partial charge in [-0.05, 0) is 36.4 Å². The van der Waals surface area contributed by atoms with E-state index in [1.807, 2.05) is 20.8 Å². The lowest BCUT2D eigenvalue weighted by molar-refractivity contribution is 0.0957. The van der Waals surface area contributed by atoms with E-state index in [2.05, 4.69) is 26.0 Å². The molecule has 0 saturated heterocycles. The Hall–Kier alpha value is -4.51. The second-order valence-corrected chi connectivity index (χ2v) is 9.86. The van der Waals surface area contributed by atoms with Gasteiger partial charge in [-0.1, -0.05) is 32.4 Å². The van der Waals surface area contributed by atoms with Gasteiger partial charge in [0.05, 0.1) is 16.4 Å². The number of aromatic nitrogens is 3. The Bertz CT molecular complexity index is 1550. The molecule has 2 aromatic heterocycles. The summed E-state index contributed by atoms with van der Waals surface area (Å²) in [5.41, 5.74) is 1.03. The summed E-state index contributed by atoms with van der Waals surface area (Å²) in [6, 6.07) is 11.9. The summed E-state index contributed by atoms with van der Waals surface area (Å²) in [5, 5.41) is 12.2. The number of halogens is 3. The number of anilines is 2. The molecule has 2 aromatic carbocycles. The number of nitrogens with zero attached hydrogens (tertiary/aromatic N) is 3. The quantitative estimate of drug-likeness (QED) is 0.259. The van der Waals surface area contributed by atoms with Gasteiger partial charge < -0.3 is 15.4 Å². The number of amides is 3. The highest BCUT2D eigenvalue weighted by atomic mass is 35.5. The number of benzene rings is 2. The standard InChI is InChI=1S/C27H25ClF2N6O3/c1-27(2,3)23-14-24(36(35-23)16-6-7-19(29)18(28)12-16)34-26(38)33-15-5-8-22(20(30)11-15)39-17-9-10-32-21(13-17)25(37)31-4/h5-14H,1-4H3,(H,31,37)(H2,33,34,38). The molecule has 0 radical (unpaired) electrons. The fourth-order valence-corrected chi connectivity index (χ4v) is 3.62. The molecule has 12 heteroatoms. The first-order valence-electron chi connectivity index (χ1n) is 11.7. The van der Waals surface area contributed by atoms with Gasteiger partial charge >= 0.3 is 6.03 Å². The maximum absolute atomic E-state index is 14.8. The summed E-state index contributed by atoms with van der Waals surface area (Å²) in [6.07, 6.45) is 1.37. The van der Waals surface area contributed by atoms with Crippen molar-refractivity contribution in [1.29, 1.82) is 0 Å². The third kappa shape index (κ3) is 6.50. The van der Waals surface area contributed by atoms with E-state index in [9.17, 15) is 18.4 Å². The maximum Gasteiger partial charge on any atom is 0.324 e. The molecular formula is C27H25ClF2N6O3. The Balaban J connectivity index is 1.51. The van der Waals surface area contributed by atoms with Crippen LogP contribution in [0.3, 0.4) is 0 Å². The van der Waals surface area contributed by atoms with E-state index in [4.69, 9.17) is 16.3 Å². The Kier molecular flexibility index (Phi) is 7.82. The normalized spacial score (nSPS) is 11.2. The number of urea groups is 1. The van der Waals surface area contributed by atoms with Gasteiger partial charge in [-0.3, -0.25) is 15.1 Å². The lowest BCUT2D eigenvalue weighted by atomic mass is 9.92. The summed E-state index contributed by atoms with van der Waals surface area (Å²) in [6.45, 7) is 5.87. The minimum atomic E-state index is -0.743. The predicted molar refractivity (Wildman–Crippen MR) is 144 cm³/mol. The highest BCUT2D eigenvalue weighted by molar-refractivity contribution is 6.30. The van der Waals surface area contributed by atoms with Crippen molar-refractivity contribution in [2.24, 2.45) is 0 Å². The summed E-state index contributed by atoms with van der Waals surface area (Å²) < 4.78 is 35.5. The van der Waals surface area contributed by atoms with Gasteiger partial charge in [0.25, 0.3) is 5.91 Å². The van der Waals surface area contributed by atoms with Gasteiger partial charge in [-0.15, -0.1) is 0 Å². The third-order valence-corrected chi connectivity index (χ3v) is 5.77. The van der Waals surface area contributed by atoms with Crippen LogP contribution >= 0.6 is 11.6 Å². The molecule has 202 valence electrons. The molecule has 9 nitrogen and oxygen atoms in total. The Morgan fingerprint density at radius 1 is 0.974 bits per heavy atom. The summed E-state index contributed by atoms with van der Waals surface area (Å²) >= 11 is 5.95. The third-order valence-electron chi connectivity index (χ3n) is 5.48. The summed E-state index contributed by atoms with van der Waals surface area (Å²) in [4.78, 5) is 28.5. The largest absolute Gasteiger partial charge is 0.454 e. The Morgan fingerprint density at radius 2 is 1.74 bits per heavy atom. The van der Waals surface area contributed by atoms with Crippen LogP contribution in [-0.2, 0) is 5.41 Å². The van der Waals surface area contributed by atoms with E-state index in [1.165, 1.54) is 60.4 Å². The predicted octanol–water partition coefficient (Wildman–Crippen LogP) is 6.29. The van der Waals surface area contributed by atoms with Gasteiger partial charge in [-0.2, -0.15) is 5.10 Å². The van der Waals surface area contributed by atoms with E-state index in [0.29, 0.717) is 17.2 Å².